The minimum Gasteiger partial charge on any atom is -0.501 e. The first-order chi connectivity index (χ1) is 25.5. The zero-order valence-corrected chi connectivity index (χ0v) is 32.2. The predicted molar refractivity (Wildman–Crippen MR) is 216 cm³/mol. The van der Waals surface area contributed by atoms with Crippen LogP contribution < -0.4 is 14.4 Å². The highest BCUT2D eigenvalue weighted by Gasteiger charge is 2.48. The quantitative estimate of drug-likeness (QED) is 0.144. The van der Waals surface area contributed by atoms with Crippen molar-refractivity contribution in [2.45, 2.75) is 74.7 Å². The Balaban J connectivity index is 1.46. The molecule has 5 nitrogen and oxygen atoms in total. The van der Waals surface area contributed by atoms with Crippen molar-refractivity contribution >= 4 is 34.3 Å². The molecule has 270 valence electrons. The highest BCUT2D eigenvalue weighted by Crippen LogP contribution is 2.62. The lowest BCUT2D eigenvalue weighted by Crippen LogP contribution is -2.37. The van der Waals surface area contributed by atoms with Gasteiger partial charge in [0, 0.05) is 46.3 Å². The minimum absolute atomic E-state index is 0.0969. The van der Waals surface area contributed by atoms with Crippen LogP contribution in [0, 0.1) is 0 Å². The summed E-state index contributed by atoms with van der Waals surface area (Å²) in [6.45, 7) is 7.96. The van der Waals surface area contributed by atoms with E-state index in [2.05, 4.69) is 110 Å². The molecule has 4 aliphatic rings. The molecule has 0 aromatic heterocycles. The van der Waals surface area contributed by atoms with Gasteiger partial charge >= 0.3 is 0 Å². The number of benzene rings is 4. The molecule has 2 aliphatic heterocycles. The van der Waals surface area contributed by atoms with Gasteiger partial charge < -0.3 is 23.8 Å². The number of nitrogens with zero attached hydrogens (tertiary/aromatic N) is 1. The lowest BCUT2D eigenvalue weighted by atomic mass is 9.68. The molecule has 2 aliphatic carbocycles. The van der Waals surface area contributed by atoms with Gasteiger partial charge in [0.25, 0.3) is 0 Å². The van der Waals surface area contributed by atoms with Crippen molar-refractivity contribution < 1.29 is 18.9 Å². The van der Waals surface area contributed by atoms with E-state index in [1.807, 2.05) is 11.8 Å². The molecule has 0 bridgehead atoms. The molecule has 1 saturated heterocycles. The maximum absolute atomic E-state index is 7.78. The number of rotatable bonds is 11. The number of methoxy groups -OCH3 is 2. The van der Waals surface area contributed by atoms with Gasteiger partial charge in [-0.25, -0.2) is 0 Å². The van der Waals surface area contributed by atoms with E-state index >= 15 is 0 Å². The van der Waals surface area contributed by atoms with E-state index in [4.69, 9.17) is 18.9 Å². The third-order valence-corrected chi connectivity index (χ3v) is 12.7. The molecule has 2 atom stereocenters. The molecule has 2 unspecified atom stereocenters. The van der Waals surface area contributed by atoms with Crippen molar-refractivity contribution in [3.63, 3.8) is 0 Å². The molecule has 6 heteroatoms. The summed E-state index contributed by atoms with van der Waals surface area (Å²) in [4.78, 5) is 3.79. The number of unbranched alkanes of at least 4 members (excludes halogenated alkanes) is 1. The number of thioether (sulfide) groups is 1. The standard InChI is InChI=1S/C46H51NO4S/c1-6-8-23-45(22-7-2)39-12-10-9-11-35(39)42-37-29-40(47-25-27-50-28-26-47)41(52-5)30-38(37)44-36(43(42)45)21-24-46(51-44,31-13-17-33(48-3)18-14-31)32-15-19-34(49-4)20-16-32/h9-15,17-19,21,24,29-30H,6-8,16,20,22-23,25-28H2,1-5H3. The van der Waals surface area contributed by atoms with Crippen molar-refractivity contribution in [1.29, 1.82) is 0 Å². The number of fused-ring (bicyclic) bond motifs is 8. The van der Waals surface area contributed by atoms with Crippen LogP contribution >= 0.6 is 11.8 Å². The van der Waals surface area contributed by atoms with E-state index in [1.54, 1.807) is 14.2 Å². The maximum Gasteiger partial charge on any atom is 0.174 e. The lowest BCUT2D eigenvalue weighted by Gasteiger charge is -2.41. The first-order valence-electron chi connectivity index (χ1n) is 19.1. The van der Waals surface area contributed by atoms with Gasteiger partial charge in [-0.2, -0.15) is 0 Å². The molecule has 0 N–H and O–H groups in total. The predicted octanol–water partition coefficient (Wildman–Crippen LogP) is 11.2. The van der Waals surface area contributed by atoms with Gasteiger partial charge in [-0.15, -0.1) is 11.8 Å². The molecule has 4 aromatic rings. The Morgan fingerprint density at radius 2 is 1.67 bits per heavy atom. The summed E-state index contributed by atoms with van der Waals surface area (Å²) < 4.78 is 24.9. The third-order valence-electron chi connectivity index (χ3n) is 11.9. The summed E-state index contributed by atoms with van der Waals surface area (Å²) in [5.41, 5.74) is 9.66. The smallest absolute Gasteiger partial charge is 0.174 e. The molecule has 1 fully saturated rings. The average molecular weight is 714 g/mol. The van der Waals surface area contributed by atoms with Gasteiger partial charge in [0.05, 0.1) is 38.9 Å². The van der Waals surface area contributed by atoms with Crippen LogP contribution in [0.1, 0.15) is 81.0 Å². The van der Waals surface area contributed by atoms with Crippen LogP contribution in [-0.2, 0) is 20.5 Å². The zero-order valence-electron chi connectivity index (χ0n) is 31.3. The first kappa shape index (κ1) is 34.9. The maximum atomic E-state index is 7.78. The minimum atomic E-state index is -0.791. The largest absolute Gasteiger partial charge is 0.501 e. The van der Waals surface area contributed by atoms with Gasteiger partial charge in [0.1, 0.15) is 11.5 Å². The van der Waals surface area contributed by atoms with Crippen LogP contribution in [0.4, 0.5) is 5.69 Å². The molecule has 0 radical (unpaired) electrons. The third kappa shape index (κ3) is 5.56. The fourth-order valence-corrected chi connectivity index (χ4v) is 10.0. The number of hydrogen-bond donors (Lipinski definition) is 0. The highest BCUT2D eigenvalue weighted by atomic mass is 32.2. The Bertz CT molecular complexity index is 2070. The number of hydrogen-bond acceptors (Lipinski definition) is 6. The number of morpholine rings is 1. The molecule has 52 heavy (non-hydrogen) atoms. The van der Waals surface area contributed by atoms with Crippen molar-refractivity contribution in [3.05, 3.63) is 112 Å². The highest BCUT2D eigenvalue weighted by molar-refractivity contribution is 7.98. The van der Waals surface area contributed by atoms with Crippen LogP contribution in [0.15, 0.2) is 95.1 Å². The van der Waals surface area contributed by atoms with Gasteiger partial charge in [0.15, 0.2) is 5.60 Å². The van der Waals surface area contributed by atoms with Crippen LogP contribution in [0.5, 0.6) is 11.5 Å². The lowest BCUT2D eigenvalue weighted by molar-refractivity contribution is 0.122. The summed E-state index contributed by atoms with van der Waals surface area (Å²) >= 11 is 1.82. The van der Waals surface area contributed by atoms with E-state index in [9.17, 15) is 0 Å². The summed E-state index contributed by atoms with van der Waals surface area (Å²) in [6, 6.07) is 22.6. The number of ether oxygens (including phenoxy) is 4. The van der Waals surface area contributed by atoms with Gasteiger partial charge in [0.2, 0.25) is 0 Å². The Kier molecular flexibility index (Phi) is 9.65. The molecule has 0 amide bonds. The summed E-state index contributed by atoms with van der Waals surface area (Å²) in [5, 5.41) is 2.47. The van der Waals surface area contributed by atoms with Crippen molar-refractivity contribution in [2.75, 3.05) is 51.7 Å². The Morgan fingerprint density at radius 3 is 2.37 bits per heavy atom. The average Bonchev–Trinajstić information content (AvgIpc) is 3.50. The Hall–Kier alpha value is -4.13. The topological polar surface area (TPSA) is 40.2 Å². The van der Waals surface area contributed by atoms with Crippen LogP contribution in [-0.4, -0.2) is 46.8 Å². The fourth-order valence-electron chi connectivity index (χ4n) is 9.40. The van der Waals surface area contributed by atoms with Crippen molar-refractivity contribution in [1.82, 2.24) is 0 Å². The summed E-state index contributed by atoms with van der Waals surface area (Å²) in [6.07, 6.45) is 18.6. The fraction of sp³-hybridized carbons (Fsp3) is 0.391. The second-order valence-corrected chi connectivity index (χ2v) is 15.4. The summed E-state index contributed by atoms with van der Waals surface area (Å²) in [5.74, 6) is 2.82. The number of allylic oxidation sites excluding steroid dienone is 3. The zero-order chi connectivity index (χ0) is 35.9. The Labute approximate surface area is 313 Å². The van der Waals surface area contributed by atoms with E-state index < -0.39 is 5.60 Å². The summed E-state index contributed by atoms with van der Waals surface area (Å²) in [7, 11) is 3.48. The molecular formula is C46H51NO4S. The van der Waals surface area contributed by atoms with Gasteiger partial charge in [-0.3, -0.25) is 0 Å². The van der Waals surface area contributed by atoms with Crippen molar-refractivity contribution in [3.8, 4) is 22.6 Å². The molecule has 0 saturated carbocycles. The van der Waals surface area contributed by atoms with E-state index in [0.29, 0.717) is 0 Å². The van der Waals surface area contributed by atoms with Crippen LogP contribution in [0.2, 0.25) is 0 Å². The second kappa shape index (κ2) is 14.4. The normalized spacial score (nSPS) is 21.9. The molecule has 4 aromatic carbocycles. The molecule has 2 heterocycles. The second-order valence-electron chi connectivity index (χ2n) is 14.6. The van der Waals surface area contributed by atoms with E-state index in [-0.39, 0.29) is 5.41 Å². The molecular weight excluding hydrogens is 663 g/mol. The number of anilines is 1. The molecule has 0 spiro atoms. The van der Waals surface area contributed by atoms with Gasteiger partial charge in [-0.05, 0) is 95.1 Å². The molecule has 8 rings (SSSR count). The van der Waals surface area contributed by atoms with Crippen molar-refractivity contribution in [2.24, 2.45) is 0 Å². The van der Waals surface area contributed by atoms with E-state index in [1.165, 1.54) is 61.2 Å². The first-order valence-corrected chi connectivity index (χ1v) is 20.4. The van der Waals surface area contributed by atoms with Gasteiger partial charge in [-0.1, -0.05) is 81.7 Å². The SMILES string of the molecule is CCCCC1(CCC)c2ccccc2-c2c1c1c(c3cc(SC)c(N4CCOCC4)cc23)OC(C2=CC=C(OC)CC2)(c2ccc(OC)cc2)C=C1. The van der Waals surface area contributed by atoms with E-state index in [0.717, 1.165) is 87.6 Å². The monoisotopic (exact) mass is 713 g/mol. The van der Waals surface area contributed by atoms with Crippen LogP contribution in [0.3, 0.4) is 0 Å². The van der Waals surface area contributed by atoms with Crippen LogP contribution in [0.25, 0.3) is 28.0 Å². The Morgan fingerprint density at radius 1 is 0.865 bits per heavy atom.